The summed E-state index contributed by atoms with van der Waals surface area (Å²) in [4.78, 5) is 31.1. The zero-order valence-corrected chi connectivity index (χ0v) is 17.1. The Balaban J connectivity index is 1.74. The lowest BCUT2D eigenvalue weighted by Crippen LogP contribution is -2.42. The van der Waals surface area contributed by atoms with Gasteiger partial charge >= 0.3 is 5.69 Å². The van der Waals surface area contributed by atoms with Crippen molar-refractivity contribution in [2.75, 3.05) is 6.61 Å². The van der Waals surface area contributed by atoms with Crippen LogP contribution in [0.2, 0.25) is 0 Å². The Labute approximate surface area is 181 Å². The minimum atomic E-state index is -0.720. The van der Waals surface area contributed by atoms with Crippen molar-refractivity contribution in [3.05, 3.63) is 92.9 Å². The summed E-state index contributed by atoms with van der Waals surface area (Å²) in [6, 6.07) is 12.4. The number of hydrogen-bond donors (Lipinski definition) is 0. The van der Waals surface area contributed by atoms with Crippen LogP contribution >= 0.6 is 0 Å². The van der Waals surface area contributed by atoms with Crippen molar-refractivity contribution in [3.8, 4) is 5.69 Å². The molecule has 1 fully saturated rings. The SMILES string of the molecule is O=c1c2c(ncn2Cc2c(F)cccc2F)n(-c2ccccc2)c(=O)n1CC1CCCO1. The van der Waals surface area contributed by atoms with E-state index in [-0.39, 0.29) is 35.9 Å². The quantitative estimate of drug-likeness (QED) is 0.481. The van der Waals surface area contributed by atoms with Gasteiger partial charge in [-0.3, -0.25) is 9.36 Å². The molecule has 0 saturated carbocycles. The van der Waals surface area contributed by atoms with E-state index in [1.165, 1.54) is 21.5 Å². The molecule has 5 rings (SSSR count). The second kappa shape index (κ2) is 8.16. The van der Waals surface area contributed by atoms with Crippen LogP contribution in [0.15, 0.2) is 64.4 Å². The average Bonchev–Trinajstić information content (AvgIpc) is 3.45. The number of imidazole rings is 1. The second-order valence-electron chi connectivity index (χ2n) is 7.75. The standard InChI is InChI=1S/C23H20F2N4O3/c24-18-9-4-10-19(25)17(18)13-27-14-26-21-20(27)22(30)28(12-16-8-5-11-32-16)23(31)29(21)15-6-2-1-3-7-15/h1-4,6-7,9-10,14,16H,5,8,11-13H2. The summed E-state index contributed by atoms with van der Waals surface area (Å²) >= 11 is 0. The van der Waals surface area contributed by atoms with Gasteiger partial charge in [-0.25, -0.2) is 23.1 Å². The first-order chi connectivity index (χ1) is 15.5. The minimum Gasteiger partial charge on any atom is -0.376 e. The lowest BCUT2D eigenvalue weighted by atomic mass is 10.2. The van der Waals surface area contributed by atoms with E-state index in [0.29, 0.717) is 12.3 Å². The third-order valence-corrected chi connectivity index (χ3v) is 5.71. The average molecular weight is 438 g/mol. The third kappa shape index (κ3) is 3.44. The van der Waals surface area contributed by atoms with Gasteiger partial charge in [-0.15, -0.1) is 0 Å². The first kappa shape index (κ1) is 20.3. The molecule has 0 radical (unpaired) electrons. The van der Waals surface area contributed by atoms with Crippen molar-refractivity contribution >= 4 is 11.2 Å². The van der Waals surface area contributed by atoms with Crippen LogP contribution in [0.4, 0.5) is 8.78 Å². The van der Waals surface area contributed by atoms with Gasteiger partial charge in [0.1, 0.15) is 11.6 Å². The fourth-order valence-electron chi connectivity index (χ4n) is 4.12. The van der Waals surface area contributed by atoms with Gasteiger partial charge in [0.2, 0.25) is 0 Å². The molecular weight excluding hydrogens is 418 g/mol. The van der Waals surface area contributed by atoms with Gasteiger partial charge in [0.15, 0.2) is 11.2 Å². The van der Waals surface area contributed by atoms with Gasteiger partial charge < -0.3 is 9.30 Å². The normalized spacial score (nSPS) is 16.1. The van der Waals surface area contributed by atoms with Gasteiger partial charge in [-0.1, -0.05) is 24.3 Å². The lowest BCUT2D eigenvalue weighted by Gasteiger charge is -2.15. The first-order valence-corrected chi connectivity index (χ1v) is 10.3. The van der Waals surface area contributed by atoms with Crippen LogP contribution in [-0.4, -0.2) is 31.4 Å². The summed E-state index contributed by atoms with van der Waals surface area (Å²) in [5.41, 5.74) is -0.533. The van der Waals surface area contributed by atoms with Gasteiger partial charge in [-0.2, -0.15) is 0 Å². The maximum absolute atomic E-state index is 14.3. The lowest BCUT2D eigenvalue weighted by molar-refractivity contribution is 0.0950. The summed E-state index contributed by atoms with van der Waals surface area (Å²) in [5.74, 6) is -1.44. The van der Waals surface area contributed by atoms with E-state index >= 15 is 0 Å². The Kier molecular flexibility index (Phi) is 5.18. The molecule has 7 nitrogen and oxygen atoms in total. The van der Waals surface area contributed by atoms with Crippen LogP contribution < -0.4 is 11.2 Å². The van der Waals surface area contributed by atoms with Crippen LogP contribution in [0.1, 0.15) is 18.4 Å². The van der Waals surface area contributed by atoms with E-state index in [4.69, 9.17) is 4.74 Å². The molecule has 3 heterocycles. The molecule has 32 heavy (non-hydrogen) atoms. The van der Waals surface area contributed by atoms with Crippen LogP contribution in [0.3, 0.4) is 0 Å². The molecule has 164 valence electrons. The highest BCUT2D eigenvalue weighted by Crippen LogP contribution is 2.19. The van der Waals surface area contributed by atoms with Crippen molar-refractivity contribution < 1.29 is 13.5 Å². The fraction of sp³-hybridized carbons (Fsp3) is 0.261. The molecule has 1 aliphatic heterocycles. The number of fused-ring (bicyclic) bond motifs is 1. The number of halogens is 2. The topological polar surface area (TPSA) is 71.0 Å². The Morgan fingerprint density at radius 2 is 1.78 bits per heavy atom. The number of aromatic nitrogens is 4. The van der Waals surface area contributed by atoms with E-state index in [2.05, 4.69) is 4.98 Å². The monoisotopic (exact) mass is 438 g/mol. The number of ether oxygens (including phenoxy) is 1. The number of nitrogens with zero attached hydrogens (tertiary/aromatic N) is 4. The molecule has 1 aliphatic rings. The molecule has 0 spiro atoms. The Hall–Kier alpha value is -3.59. The summed E-state index contributed by atoms with van der Waals surface area (Å²) in [7, 11) is 0. The highest BCUT2D eigenvalue weighted by molar-refractivity contribution is 5.72. The zero-order valence-electron chi connectivity index (χ0n) is 17.1. The van der Waals surface area contributed by atoms with Crippen LogP contribution in [0.5, 0.6) is 0 Å². The minimum absolute atomic E-state index is 0.0918. The van der Waals surface area contributed by atoms with Crippen molar-refractivity contribution in [1.29, 1.82) is 0 Å². The van der Waals surface area contributed by atoms with Crippen LogP contribution in [0, 0.1) is 11.6 Å². The number of rotatable bonds is 5. The summed E-state index contributed by atoms with van der Waals surface area (Å²) in [6.45, 7) is 0.440. The van der Waals surface area contributed by atoms with Gasteiger partial charge in [0, 0.05) is 12.2 Å². The van der Waals surface area contributed by atoms with Crippen LogP contribution in [-0.2, 0) is 17.8 Å². The first-order valence-electron chi connectivity index (χ1n) is 10.3. The highest BCUT2D eigenvalue weighted by Gasteiger charge is 2.24. The molecular formula is C23H20F2N4O3. The van der Waals surface area contributed by atoms with Gasteiger partial charge in [0.25, 0.3) is 5.56 Å². The molecule has 4 aromatic rings. The largest absolute Gasteiger partial charge is 0.376 e. The number of hydrogen-bond acceptors (Lipinski definition) is 4. The summed E-state index contributed by atoms with van der Waals surface area (Å²) < 4.78 is 38.0. The number of benzene rings is 2. The van der Waals surface area contributed by atoms with Crippen molar-refractivity contribution in [1.82, 2.24) is 18.7 Å². The zero-order chi connectivity index (χ0) is 22.2. The predicted octanol–water partition coefficient (Wildman–Crippen LogP) is 2.85. The van der Waals surface area contributed by atoms with Crippen molar-refractivity contribution in [2.45, 2.75) is 32.0 Å². The van der Waals surface area contributed by atoms with Crippen LogP contribution in [0.25, 0.3) is 16.9 Å². The molecule has 1 unspecified atom stereocenters. The Bertz CT molecular complexity index is 1380. The van der Waals surface area contributed by atoms with Crippen molar-refractivity contribution in [2.24, 2.45) is 0 Å². The fourth-order valence-corrected chi connectivity index (χ4v) is 4.12. The summed E-state index contributed by atoms with van der Waals surface area (Å²) in [5, 5.41) is 0. The second-order valence-corrected chi connectivity index (χ2v) is 7.75. The molecule has 0 aliphatic carbocycles. The molecule has 1 atom stereocenters. The third-order valence-electron chi connectivity index (χ3n) is 5.71. The summed E-state index contributed by atoms with van der Waals surface area (Å²) in [6.07, 6.45) is 2.68. The maximum atomic E-state index is 14.3. The molecule has 2 aromatic carbocycles. The molecule has 0 amide bonds. The number of para-hydroxylation sites is 1. The van der Waals surface area contributed by atoms with E-state index in [1.807, 2.05) is 6.07 Å². The molecule has 9 heteroatoms. The van der Waals surface area contributed by atoms with Crippen molar-refractivity contribution in [3.63, 3.8) is 0 Å². The smallest absolute Gasteiger partial charge is 0.337 e. The Morgan fingerprint density at radius 3 is 2.47 bits per heavy atom. The predicted molar refractivity (Wildman–Crippen MR) is 114 cm³/mol. The van der Waals surface area contributed by atoms with Gasteiger partial charge in [-0.05, 0) is 37.1 Å². The van der Waals surface area contributed by atoms with Gasteiger partial charge in [0.05, 0.1) is 31.2 Å². The highest BCUT2D eigenvalue weighted by atomic mass is 19.1. The molecule has 0 N–H and O–H groups in total. The van der Waals surface area contributed by atoms with E-state index in [9.17, 15) is 18.4 Å². The Morgan fingerprint density at radius 1 is 1.03 bits per heavy atom. The molecule has 2 aromatic heterocycles. The molecule has 0 bridgehead atoms. The maximum Gasteiger partial charge on any atom is 0.337 e. The van der Waals surface area contributed by atoms with E-state index < -0.39 is 22.9 Å². The van der Waals surface area contributed by atoms with E-state index in [1.54, 1.807) is 24.3 Å². The van der Waals surface area contributed by atoms with E-state index in [0.717, 1.165) is 29.5 Å². The molecule has 1 saturated heterocycles.